The molecular formula is C19H23BrN2O. The Morgan fingerprint density at radius 3 is 2.52 bits per heavy atom. The van der Waals surface area contributed by atoms with Crippen LogP contribution in [0.15, 0.2) is 53.0 Å². The molecular weight excluding hydrogens is 352 g/mol. The van der Waals surface area contributed by atoms with Gasteiger partial charge in [0.2, 0.25) is 5.91 Å². The van der Waals surface area contributed by atoms with E-state index < -0.39 is 0 Å². The average molecular weight is 375 g/mol. The number of carbonyl (C=O) groups excluding carboxylic acids is 1. The molecule has 2 aromatic carbocycles. The molecule has 3 N–H and O–H groups in total. The molecule has 0 aliphatic heterocycles. The number of halogens is 1. The van der Waals surface area contributed by atoms with E-state index in [1.165, 1.54) is 5.56 Å². The molecule has 1 atom stereocenters. The number of hydrogen-bond acceptors (Lipinski definition) is 2. The molecule has 2 aromatic rings. The van der Waals surface area contributed by atoms with Crippen LogP contribution in [0.4, 0.5) is 5.69 Å². The van der Waals surface area contributed by atoms with Crippen molar-refractivity contribution in [1.82, 2.24) is 5.32 Å². The summed E-state index contributed by atoms with van der Waals surface area (Å²) in [4.78, 5) is 12.0. The number of benzene rings is 2. The number of carbonyl (C=O) groups is 1. The maximum Gasteiger partial charge on any atom is 0.220 e. The van der Waals surface area contributed by atoms with Crippen LogP contribution in [0.5, 0.6) is 0 Å². The fourth-order valence-electron chi connectivity index (χ4n) is 2.46. The summed E-state index contributed by atoms with van der Waals surface area (Å²) in [6.07, 6.45) is 3.04. The lowest BCUT2D eigenvalue weighted by Crippen LogP contribution is -2.33. The predicted octanol–water partition coefficient (Wildman–Crippen LogP) is 4.10. The van der Waals surface area contributed by atoms with Gasteiger partial charge in [-0.05, 0) is 55.5 Å². The van der Waals surface area contributed by atoms with Crippen molar-refractivity contribution in [3.8, 4) is 0 Å². The minimum absolute atomic E-state index is 0.0801. The van der Waals surface area contributed by atoms with Crippen molar-refractivity contribution < 1.29 is 4.79 Å². The largest absolute Gasteiger partial charge is 0.399 e. The van der Waals surface area contributed by atoms with Crippen molar-refractivity contribution in [2.75, 3.05) is 5.73 Å². The Bertz CT molecular complexity index is 640. The highest BCUT2D eigenvalue weighted by atomic mass is 79.9. The van der Waals surface area contributed by atoms with Crippen LogP contribution in [0.2, 0.25) is 0 Å². The smallest absolute Gasteiger partial charge is 0.220 e. The van der Waals surface area contributed by atoms with E-state index in [-0.39, 0.29) is 11.9 Å². The quantitative estimate of drug-likeness (QED) is 0.716. The summed E-state index contributed by atoms with van der Waals surface area (Å²) in [5.41, 5.74) is 8.97. The average Bonchev–Trinajstić information content (AvgIpc) is 2.53. The second kappa shape index (κ2) is 8.73. The molecule has 0 aliphatic rings. The highest BCUT2D eigenvalue weighted by Crippen LogP contribution is 2.14. The third-order valence-electron chi connectivity index (χ3n) is 3.86. The summed E-state index contributed by atoms with van der Waals surface area (Å²) in [6.45, 7) is 2.05. The van der Waals surface area contributed by atoms with E-state index >= 15 is 0 Å². The zero-order valence-electron chi connectivity index (χ0n) is 13.4. The van der Waals surface area contributed by atoms with Gasteiger partial charge >= 0.3 is 0 Å². The van der Waals surface area contributed by atoms with Gasteiger partial charge in [-0.3, -0.25) is 4.79 Å². The first-order chi connectivity index (χ1) is 11.0. The van der Waals surface area contributed by atoms with Crippen LogP contribution in [0.25, 0.3) is 0 Å². The molecule has 122 valence electrons. The van der Waals surface area contributed by atoms with Crippen LogP contribution in [0.1, 0.15) is 30.9 Å². The topological polar surface area (TPSA) is 55.1 Å². The molecule has 0 aromatic heterocycles. The van der Waals surface area contributed by atoms with Gasteiger partial charge in [-0.25, -0.2) is 0 Å². The second-order valence-electron chi connectivity index (χ2n) is 5.83. The first-order valence-electron chi connectivity index (χ1n) is 7.92. The Morgan fingerprint density at radius 1 is 1.13 bits per heavy atom. The number of rotatable bonds is 7. The fraction of sp³-hybridized carbons (Fsp3) is 0.316. The molecule has 0 bridgehead atoms. The first kappa shape index (κ1) is 17.5. The second-order valence-corrected chi connectivity index (χ2v) is 6.75. The number of hydrogen-bond donors (Lipinski definition) is 2. The van der Waals surface area contributed by atoms with Crippen molar-refractivity contribution >= 4 is 27.5 Å². The molecule has 1 unspecified atom stereocenters. The summed E-state index contributed by atoms with van der Waals surface area (Å²) >= 11 is 3.43. The van der Waals surface area contributed by atoms with Gasteiger partial charge in [0.25, 0.3) is 0 Å². The lowest BCUT2D eigenvalue weighted by atomic mass is 10.1. The lowest BCUT2D eigenvalue weighted by Gasteiger charge is -2.14. The van der Waals surface area contributed by atoms with Gasteiger partial charge in [0, 0.05) is 22.6 Å². The first-order valence-corrected chi connectivity index (χ1v) is 8.71. The highest BCUT2D eigenvalue weighted by Gasteiger charge is 2.09. The minimum Gasteiger partial charge on any atom is -0.399 e. The molecule has 1 amide bonds. The number of para-hydroxylation sites is 1. The van der Waals surface area contributed by atoms with E-state index in [1.807, 2.05) is 43.3 Å². The molecule has 0 saturated carbocycles. The number of nitrogen functional groups attached to an aromatic ring is 1. The molecule has 0 saturated heterocycles. The van der Waals surface area contributed by atoms with Gasteiger partial charge in [-0.15, -0.1) is 0 Å². The van der Waals surface area contributed by atoms with Crippen molar-refractivity contribution in [3.63, 3.8) is 0 Å². The molecule has 0 heterocycles. The van der Waals surface area contributed by atoms with E-state index in [9.17, 15) is 4.79 Å². The number of aryl methyl sites for hydroxylation is 2. The van der Waals surface area contributed by atoms with Gasteiger partial charge in [-0.1, -0.05) is 46.3 Å². The molecule has 2 rings (SSSR count). The lowest BCUT2D eigenvalue weighted by molar-refractivity contribution is -0.121. The van der Waals surface area contributed by atoms with Crippen molar-refractivity contribution in [3.05, 3.63) is 64.1 Å². The van der Waals surface area contributed by atoms with E-state index in [2.05, 4.69) is 33.4 Å². The van der Waals surface area contributed by atoms with Crippen LogP contribution < -0.4 is 11.1 Å². The summed E-state index contributed by atoms with van der Waals surface area (Å²) in [6, 6.07) is 16.2. The maximum atomic E-state index is 12.0. The third kappa shape index (κ3) is 6.06. The van der Waals surface area contributed by atoms with Gasteiger partial charge in [0.15, 0.2) is 0 Å². The summed E-state index contributed by atoms with van der Waals surface area (Å²) in [5.74, 6) is 0.0801. The van der Waals surface area contributed by atoms with Crippen LogP contribution in [-0.4, -0.2) is 11.9 Å². The van der Waals surface area contributed by atoms with E-state index in [0.29, 0.717) is 12.8 Å². The molecule has 4 heteroatoms. The predicted molar refractivity (Wildman–Crippen MR) is 99.2 cm³/mol. The number of anilines is 1. The molecule has 0 radical (unpaired) electrons. The molecule has 0 aliphatic carbocycles. The van der Waals surface area contributed by atoms with Crippen LogP contribution in [0, 0.1) is 0 Å². The van der Waals surface area contributed by atoms with Gasteiger partial charge in [-0.2, -0.15) is 0 Å². The van der Waals surface area contributed by atoms with E-state index in [1.54, 1.807) is 0 Å². The Kier molecular flexibility index (Phi) is 6.66. The standard InChI is InChI=1S/C19H23BrN2O/c1-14(6-7-15-8-11-17(20)12-9-15)22-19(23)13-10-16-4-2-3-5-18(16)21/h2-5,8-9,11-12,14H,6-7,10,13,21H2,1H3,(H,22,23). The summed E-state index contributed by atoms with van der Waals surface area (Å²) in [5, 5.41) is 3.06. The Balaban J connectivity index is 1.72. The van der Waals surface area contributed by atoms with Crippen molar-refractivity contribution in [2.24, 2.45) is 0 Å². The zero-order chi connectivity index (χ0) is 16.7. The Labute approximate surface area is 146 Å². The monoisotopic (exact) mass is 374 g/mol. The zero-order valence-corrected chi connectivity index (χ0v) is 15.0. The SMILES string of the molecule is CC(CCc1ccc(Br)cc1)NC(=O)CCc1ccccc1N. The van der Waals surface area contributed by atoms with Gasteiger partial charge in [0.05, 0.1) is 0 Å². The Morgan fingerprint density at radius 2 is 1.83 bits per heavy atom. The van der Waals surface area contributed by atoms with Crippen LogP contribution in [-0.2, 0) is 17.6 Å². The van der Waals surface area contributed by atoms with Crippen molar-refractivity contribution in [1.29, 1.82) is 0 Å². The van der Waals surface area contributed by atoms with Gasteiger partial charge in [0.1, 0.15) is 0 Å². The maximum absolute atomic E-state index is 12.0. The fourth-order valence-corrected chi connectivity index (χ4v) is 2.73. The van der Waals surface area contributed by atoms with E-state index in [4.69, 9.17) is 5.73 Å². The van der Waals surface area contributed by atoms with Crippen LogP contribution >= 0.6 is 15.9 Å². The molecule has 23 heavy (non-hydrogen) atoms. The third-order valence-corrected chi connectivity index (χ3v) is 4.39. The summed E-state index contributed by atoms with van der Waals surface area (Å²) in [7, 11) is 0. The normalized spacial score (nSPS) is 11.9. The van der Waals surface area contributed by atoms with Gasteiger partial charge < -0.3 is 11.1 Å². The highest BCUT2D eigenvalue weighted by molar-refractivity contribution is 9.10. The minimum atomic E-state index is 0.0801. The number of nitrogens with one attached hydrogen (secondary N) is 1. The van der Waals surface area contributed by atoms with Crippen molar-refractivity contribution in [2.45, 2.75) is 38.6 Å². The number of amides is 1. The number of nitrogens with two attached hydrogens (primary N) is 1. The Hall–Kier alpha value is -1.81. The van der Waals surface area contributed by atoms with E-state index in [0.717, 1.165) is 28.6 Å². The van der Waals surface area contributed by atoms with Crippen LogP contribution in [0.3, 0.4) is 0 Å². The summed E-state index contributed by atoms with van der Waals surface area (Å²) < 4.78 is 1.09. The molecule has 3 nitrogen and oxygen atoms in total. The molecule has 0 spiro atoms. The molecule has 0 fully saturated rings.